The molecule has 1 aliphatic heterocycles. The van der Waals surface area contributed by atoms with Crippen LogP contribution in [0.25, 0.3) is 10.1 Å². The number of thiophene rings is 1. The first kappa shape index (κ1) is 30.6. The molecule has 0 spiro atoms. The van der Waals surface area contributed by atoms with Crippen LogP contribution < -0.4 is 14.2 Å². The lowest BCUT2D eigenvalue weighted by molar-refractivity contribution is -0.145. The van der Waals surface area contributed by atoms with E-state index in [0.29, 0.717) is 46.0 Å². The lowest BCUT2D eigenvalue weighted by atomic mass is 10.0. The summed E-state index contributed by atoms with van der Waals surface area (Å²) in [5.74, 6) is -2.84. The van der Waals surface area contributed by atoms with Crippen molar-refractivity contribution < 1.29 is 48.7 Å². The maximum atomic E-state index is 12.6. The Morgan fingerprint density at radius 3 is 2.07 bits per heavy atom. The van der Waals surface area contributed by atoms with Crippen molar-refractivity contribution in [2.24, 2.45) is 11.8 Å². The summed E-state index contributed by atoms with van der Waals surface area (Å²) in [6, 6.07) is 8.50. The van der Waals surface area contributed by atoms with E-state index in [1.54, 1.807) is 17.0 Å². The van der Waals surface area contributed by atoms with Gasteiger partial charge in [0.15, 0.2) is 28.8 Å². The predicted molar refractivity (Wildman–Crippen MR) is 154 cm³/mol. The molecule has 42 heavy (non-hydrogen) atoms. The molecule has 0 bridgehead atoms. The van der Waals surface area contributed by atoms with Crippen LogP contribution in [0.1, 0.15) is 53.9 Å². The number of amides is 1. The number of ether oxygens (including phenoxy) is 3. The van der Waals surface area contributed by atoms with Crippen LogP contribution in [0.5, 0.6) is 23.0 Å². The van der Waals surface area contributed by atoms with Crippen LogP contribution in [-0.2, 0) is 27.5 Å². The first-order chi connectivity index (χ1) is 20.0. The summed E-state index contributed by atoms with van der Waals surface area (Å²) < 4.78 is 17.9. The number of phenolic OH excluding ortho intramolecular Hbond substituents is 1. The van der Waals surface area contributed by atoms with Crippen LogP contribution in [0.2, 0.25) is 0 Å². The van der Waals surface area contributed by atoms with E-state index < -0.39 is 23.8 Å². The fraction of sp³-hybridized carbons (Fsp3) is 0.400. The van der Waals surface area contributed by atoms with Gasteiger partial charge >= 0.3 is 11.9 Å². The number of carboxylic acid groups (broad SMARTS) is 2. The number of aromatic hydroxyl groups is 1. The van der Waals surface area contributed by atoms with E-state index in [1.165, 1.54) is 38.4 Å². The summed E-state index contributed by atoms with van der Waals surface area (Å²) in [7, 11) is 1.53. The zero-order chi connectivity index (χ0) is 30.6. The quantitative estimate of drug-likeness (QED) is 0.175. The summed E-state index contributed by atoms with van der Waals surface area (Å²) in [6.07, 6.45) is 0.314. The number of nitrogens with zero attached hydrogens (tertiary/aromatic N) is 1. The molecular formula is C30H33NO10S. The molecular weight excluding hydrogens is 566 g/mol. The van der Waals surface area contributed by atoms with Gasteiger partial charge in [-0.2, -0.15) is 0 Å². The first-order valence-corrected chi connectivity index (χ1v) is 14.3. The number of aliphatic carboxylic acids is 2. The number of carboxylic acids is 2. The van der Waals surface area contributed by atoms with Gasteiger partial charge in [-0.1, -0.05) is 13.8 Å². The number of ketones is 1. The molecule has 2 aromatic carbocycles. The largest absolute Gasteiger partial charge is 0.504 e. The summed E-state index contributed by atoms with van der Waals surface area (Å²) >= 11 is 1.19. The van der Waals surface area contributed by atoms with Crippen molar-refractivity contribution in [1.82, 2.24) is 4.90 Å². The second kappa shape index (κ2) is 13.1. The molecule has 0 saturated heterocycles. The van der Waals surface area contributed by atoms with E-state index in [1.807, 2.05) is 12.1 Å². The second-order valence-electron chi connectivity index (χ2n) is 10.4. The van der Waals surface area contributed by atoms with Gasteiger partial charge in [-0.05, 0) is 40.8 Å². The van der Waals surface area contributed by atoms with Crippen LogP contribution in [0, 0.1) is 11.8 Å². The molecule has 3 N–H and O–H groups in total. The van der Waals surface area contributed by atoms with E-state index >= 15 is 0 Å². The van der Waals surface area contributed by atoms with Crippen molar-refractivity contribution in [3.05, 3.63) is 46.3 Å². The Morgan fingerprint density at radius 1 is 0.857 bits per heavy atom. The molecule has 12 heteroatoms. The number of carbonyl (C=O) groups excluding carboxylic acids is 2. The second-order valence-corrected chi connectivity index (χ2v) is 11.4. The molecule has 1 aromatic heterocycles. The van der Waals surface area contributed by atoms with Gasteiger partial charge < -0.3 is 34.4 Å². The fourth-order valence-electron chi connectivity index (χ4n) is 4.53. The molecule has 0 aliphatic carbocycles. The molecule has 3 aromatic rings. The highest BCUT2D eigenvalue weighted by Gasteiger charge is 2.28. The number of hydrogen-bond acceptors (Lipinski definition) is 9. The fourth-order valence-corrected chi connectivity index (χ4v) is 5.56. The Bertz CT molecular complexity index is 1510. The minimum absolute atomic E-state index is 0.0654. The van der Waals surface area contributed by atoms with Crippen LogP contribution in [0.15, 0.2) is 30.3 Å². The number of rotatable bonds is 14. The minimum Gasteiger partial charge on any atom is -0.504 e. The number of methoxy groups -OCH3 is 1. The Morgan fingerprint density at radius 2 is 1.45 bits per heavy atom. The molecule has 0 radical (unpaired) electrons. The van der Waals surface area contributed by atoms with Crippen LogP contribution in [0.4, 0.5) is 0 Å². The van der Waals surface area contributed by atoms with Gasteiger partial charge in [-0.25, -0.2) is 0 Å². The van der Waals surface area contributed by atoms with E-state index in [4.69, 9.17) is 24.4 Å². The van der Waals surface area contributed by atoms with Crippen molar-refractivity contribution >= 4 is 45.1 Å². The van der Waals surface area contributed by atoms with Gasteiger partial charge in [0.25, 0.3) is 0 Å². The summed E-state index contributed by atoms with van der Waals surface area (Å²) in [5.41, 5.74) is 1.82. The number of fused-ring (bicyclic) bond motifs is 2. The number of benzene rings is 2. The minimum atomic E-state index is -1.03. The molecule has 0 fully saturated rings. The van der Waals surface area contributed by atoms with E-state index in [2.05, 4.69) is 0 Å². The molecule has 11 nitrogen and oxygen atoms in total. The summed E-state index contributed by atoms with van der Waals surface area (Å²) in [6.45, 7) is 4.26. The highest BCUT2D eigenvalue weighted by Crippen LogP contribution is 2.37. The number of Topliss-reactive ketones (excluding diaryl/α,β-unsaturated/α-hetero) is 1. The summed E-state index contributed by atoms with van der Waals surface area (Å²) in [5, 5.41) is 29.3. The van der Waals surface area contributed by atoms with Gasteiger partial charge in [0.05, 0.1) is 37.0 Å². The highest BCUT2D eigenvalue weighted by atomic mass is 32.1. The van der Waals surface area contributed by atoms with Crippen molar-refractivity contribution in [2.45, 2.75) is 46.2 Å². The van der Waals surface area contributed by atoms with Crippen molar-refractivity contribution in [2.75, 3.05) is 20.3 Å². The highest BCUT2D eigenvalue weighted by molar-refractivity contribution is 7.20. The van der Waals surface area contributed by atoms with Crippen LogP contribution >= 0.6 is 11.3 Å². The molecule has 2 atom stereocenters. The maximum absolute atomic E-state index is 12.6. The number of phenols is 1. The zero-order valence-corrected chi connectivity index (χ0v) is 24.4. The van der Waals surface area contributed by atoms with Gasteiger partial charge in [0, 0.05) is 43.1 Å². The topological polar surface area (TPSA) is 160 Å². The molecule has 4 rings (SSSR count). The van der Waals surface area contributed by atoms with Gasteiger partial charge in [-0.15, -0.1) is 11.3 Å². The van der Waals surface area contributed by atoms with Crippen LogP contribution in [-0.4, -0.2) is 64.2 Å². The third-order valence-corrected chi connectivity index (χ3v) is 8.19. The molecule has 0 saturated carbocycles. The van der Waals surface area contributed by atoms with Crippen molar-refractivity contribution in [3.8, 4) is 23.0 Å². The molecule has 1 amide bonds. The van der Waals surface area contributed by atoms with E-state index in [-0.39, 0.29) is 49.2 Å². The SMILES string of the molecule is COc1cc2c(cc1OCCCOc1cc3cc(C(=O)C[C@H](C)C(=O)O)sc3cc1O)CN(C(=O)C[C@H](C)C(=O)O)C2. The average Bonchev–Trinajstić information content (AvgIpc) is 3.55. The predicted octanol–water partition coefficient (Wildman–Crippen LogP) is 4.71. The summed E-state index contributed by atoms with van der Waals surface area (Å²) in [4.78, 5) is 49.2. The molecule has 0 unspecified atom stereocenters. The molecule has 2 heterocycles. The molecule has 1 aliphatic rings. The van der Waals surface area contributed by atoms with Gasteiger partial charge in [-0.3, -0.25) is 19.2 Å². The Labute approximate surface area is 246 Å². The maximum Gasteiger partial charge on any atom is 0.306 e. The Hall–Kier alpha value is -4.32. The Balaban J connectivity index is 1.31. The van der Waals surface area contributed by atoms with Gasteiger partial charge in [0.1, 0.15) is 0 Å². The monoisotopic (exact) mass is 599 g/mol. The molecule has 224 valence electrons. The number of hydrogen-bond donors (Lipinski definition) is 3. The van der Waals surface area contributed by atoms with Crippen molar-refractivity contribution in [1.29, 1.82) is 0 Å². The van der Waals surface area contributed by atoms with Gasteiger partial charge in [0.2, 0.25) is 5.91 Å². The Kier molecular flexibility index (Phi) is 9.56. The standard InChI is InChI=1S/C30H33NO10S/c1-16(29(35)36)7-22(33)27-12-18-9-23(21(32)13-26(18)42-27)40-5-4-6-41-25-11-20-15-31(14-19(20)10-24(25)39-3)28(34)8-17(2)30(37)38/h9-13,16-17,32H,4-8,14-15H2,1-3H3,(H,35,36)(H,37,38)/t16-,17-/m0/s1. The normalized spacial score (nSPS) is 13.8. The average molecular weight is 600 g/mol. The van der Waals surface area contributed by atoms with E-state index in [9.17, 15) is 24.3 Å². The lowest BCUT2D eigenvalue weighted by Crippen LogP contribution is -2.28. The van der Waals surface area contributed by atoms with Crippen molar-refractivity contribution in [3.63, 3.8) is 0 Å². The van der Waals surface area contributed by atoms with Crippen LogP contribution in [0.3, 0.4) is 0 Å². The number of carbonyl (C=O) groups is 4. The lowest BCUT2D eigenvalue weighted by Gasteiger charge is -2.16. The third kappa shape index (κ3) is 7.11. The smallest absolute Gasteiger partial charge is 0.306 e. The van der Waals surface area contributed by atoms with E-state index in [0.717, 1.165) is 11.1 Å². The first-order valence-electron chi connectivity index (χ1n) is 13.4. The zero-order valence-electron chi connectivity index (χ0n) is 23.5. The third-order valence-electron chi connectivity index (χ3n) is 7.05.